The molecule has 3 aliphatic carbocycles. The summed E-state index contributed by atoms with van der Waals surface area (Å²) in [6.07, 6.45) is 0.852. The smallest absolute Gasteiger partial charge is 0.258 e. The molecule has 4 fully saturated rings. The first-order valence-electron chi connectivity index (χ1n) is 12.1. The predicted octanol–water partition coefficient (Wildman–Crippen LogP) is 2.59. The number of carbonyl (C=O) groups excluding carboxylic acids is 2. The molecule has 3 saturated carbocycles. The van der Waals surface area contributed by atoms with Crippen molar-refractivity contribution in [1.82, 2.24) is 16.0 Å². The molecule has 2 unspecified atom stereocenters. The number of rotatable bonds is 7. The van der Waals surface area contributed by atoms with Crippen LogP contribution in [0, 0.1) is 5.82 Å². The molecule has 1 saturated heterocycles. The first-order chi connectivity index (χ1) is 17.3. The molecular weight excluding hydrogens is 489 g/mol. The molecule has 2 aromatic rings. The topological polar surface area (TPSA) is 109 Å². The zero-order chi connectivity index (χ0) is 25.3. The van der Waals surface area contributed by atoms with Gasteiger partial charge in [0.15, 0.2) is 12.7 Å². The molecule has 8 nitrogen and oxygen atoms in total. The Kier molecular flexibility index (Phi) is 6.91. The van der Waals surface area contributed by atoms with Gasteiger partial charge in [-0.1, -0.05) is 41.9 Å². The minimum Gasteiger partial charge on any atom is -0.484 e. The highest BCUT2D eigenvalue weighted by molar-refractivity contribution is 6.30. The number of aliphatic hydroxyl groups is 1. The number of ether oxygens (including phenoxy) is 2. The zero-order valence-corrected chi connectivity index (χ0v) is 20.4. The fraction of sp³-hybridized carbons (Fsp3) is 0.462. The maximum atomic E-state index is 13.6. The molecule has 10 heteroatoms. The Bertz CT molecular complexity index is 1130. The van der Waals surface area contributed by atoms with Crippen molar-refractivity contribution in [3.8, 4) is 5.75 Å². The SMILES string of the molecule is O=C(COc1ccc(Cl)c(F)c1)NC12CCC(NC(=O)C3CNC(c4ccccc4)O3)(CC1)C[C@@H]2O. The lowest BCUT2D eigenvalue weighted by molar-refractivity contribution is -0.141. The highest BCUT2D eigenvalue weighted by atomic mass is 35.5. The van der Waals surface area contributed by atoms with Crippen LogP contribution in [0.25, 0.3) is 0 Å². The van der Waals surface area contributed by atoms with E-state index in [2.05, 4.69) is 16.0 Å². The number of fused-ring (bicyclic) bond motifs is 3. The predicted molar refractivity (Wildman–Crippen MR) is 130 cm³/mol. The third kappa shape index (κ3) is 5.06. The Morgan fingerprint density at radius 3 is 2.58 bits per heavy atom. The van der Waals surface area contributed by atoms with Gasteiger partial charge in [0.05, 0.1) is 16.7 Å². The molecule has 0 aromatic heterocycles. The van der Waals surface area contributed by atoms with Gasteiger partial charge in [0.25, 0.3) is 11.8 Å². The Labute approximate surface area is 213 Å². The van der Waals surface area contributed by atoms with E-state index in [9.17, 15) is 19.1 Å². The summed E-state index contributed by atoms with van der Waals surface area (Å²) >= 11 is 5.67. The van der Waals surface area contributed by atoms with Gasteiger partial charge in [0, 0.05) is 18.2 Å². The Balaban J connectivity index is 1.13. The van der Waals surface area contributed by atoms with Gasteiger partial charge >= 0.3 is 0 Å². The van der Waals surface area contributed by atoms with E-state index < -0.39 is 35.0 Å². The lowest BCUT2D eigenvalue weighted by atomic mass is 9.60. The molecule has 192 valence electrons. The summed E-state index contributed by atoms with van der Waals surface area (Å²) in [7, 11) is 0. The van der Waals surface area contributed by atoms with Crippen LogP contribution in [0.4, 0.5) is 4.39 Å². The van der Waals surface area contributed by atoms with Crippen LogP contribution < -0.4 is 20.7 Å². The van der Waals surface area contributed by atoms with Crippen molar-refractivity contribution >= 4 is 23.4 Å². The van der Waals surface area contributed by atoms with E-state index in [4.69, 9.17) is 21.1 Å². The average molecular weight is 518 g/mol. The number of hydrogen-bond donors (Lipinski definition) is 4. The fourth-order valence-electron chi connectivity index (χ4n) is 5.49. The second-order valence-electron chi connectivity index (χ2n) is 9.88. The van der Waals surface area contributed by atoms with Crippen LogP contribution in [0.3, 0.4) is 0 Å². The van der Waals surface area contributed by atoms with Gasteiger partial charge in [-0.15, -0.1) is 0 Å². The van der Waals surface area contributed by atoms with Gasteiger partial charge in [-0.05, 0) is 49.8 Å². The molecule has 4 N–H and O–H groups in total. The van der Waals surface area contributed by atoms with E-state index in [0.29, 0.717) is 38.6 Å². The van der Waals surface area contributed by atoms with E-state index in [1.807, 2.05) is 30.3 Å². The van der Waals surface area contributed by atoms with E-state index in [-0.39, 0.29) is 29.5 Å². The van der Waals surface area contributed by atoms with Crippen LogP contribution in [0.2, 0.25) is 5.02 Å². The van der Waals surface area contributed by atoms with Crippen molar-refractivity contribution in [3.05, 3.63) is 64.9 Å². The minimum atomic E-state index is -0.822. The van der Waals surface area contributed by atoms with Gasteiger partial charge in [-0.2, -0.15) is 0 Å². The van der Waals surface area contributed by atoms with Gasteiger partial charge < -0.3 is 25.2 Å². The van der Waals surface area contributed by atoms with Crippen LogP contribution in [0.15, 0.2) is 48.5 Å². The van der Waals surface area contributed by atoms with Gasteiger partial charge in [-0.3, -0.25) is 14.9 Å². The van der Waals surface area contributed by atoms with Gasteiger partial charge in [-0.25, -0.2) is 4.39 Å². The Morgan fingerprint density at radius 1 is 1.14 bits per heavy atom. The lowest BCUT2D eigenvalue weighted by Crippen LogP contribution is -2.71. The minimum absolute atomic E-state index is 0.0273. The molecule has 0 radical (unpaired) electrons. The largest absolute Gasteiger partial charge is 0.484 e. The number of carbonyl (C=O) groups is 2. The fourth-order valence-corrected chi connectivity index (χ4v) is 5.60. The van der Waals surface area contributed by atoms with E-state index in [0.717, 1.165) is 11.6 Å². The Morgan fingerprint density at radius 2 is 1.89 bits per heavy atom. The third-order valence-electron chi connectivity index (χ3n) is 7.54. The number of nitrogens with one attached hydrogen (secondary N) is 3. The summed E-state index contributed by atoms with van der Waals surface area (Å²) in [5, 5.41) is 20.2. The number of halogens is 2. The summed E-state index contributed by atoms with van der Waals surface area (Å²) in [6, 6.07) is 13.6. The number of hydrogen-bond acceptors (Lipinski definition) is 6. The van der Waals surface area contributed by atoms with Crippen molar-refractivity contribution in [2.45, 2.75) is 61.6 Å². The van der Waals surface area contributed by atoms with Crippen LogP contribution in [-0.2, 0) is 14.3 Å². The Hall–Kier alpha value is -2.72. The van der Waals surface area contributed by atoms with E-state index in [1.165, 1.54) is 12.1 Å². The summed E-state index contributed by atoms with van der Waals surface area (Å²) in [5.74, 6) is -1.04. The second kappa shape index (κ2) is 9.97. The third-order valence-corrected chi connectivity index (χ3v) is 7.85. The summed E-state index contributed by atoms with van der Waals surface area (Å²) in [5.41, 5.74) is -0.348. The van der Waals surface area contributed by atoms with Crippen molar-refractivity contribution in [1.29, 1.82) is 0 Å². The van der Waals surface area contributed by atoms with Crippen molar-refractivity contribution in [2.75, 3.05) is 13.2 Å². The molecule has 6 rings (SSSR count). The highest BCUT2D eigenvalue weighted by Gasteiger charge is 2.55. The second-order valence-corrected chi connectivity index (χ2v) is 10.3. The van der Waals surface area contributed by atoms with Gasteiger partial charge in [0.1, 0.15) is 17.8 Å². The molecule has 4 aliphatic rings. The van der Waals surface area contributed by atoms with E-state index in [1.54, 1.807) is 0 Å². The normalized spacial score (nSPS) is 31.1. The summed E-state index contributed by atoms with van der Waals surface area (Å²) < 4.78 is 24.9. The molecule has 0 spiro atoms. The summed E-state index contributed by atoms with van der Waals surface area (Å²) in [6.45, 7) is 0.0908. The van der Waals surface area contributed by atoms with Crippen molar-refractivity contribution in [3.63, 3.8) is 0 Å². The molecule has 2 aromatic carbocycles. The molecule has 3 atom stereocenters. The van der Waals surface area contributed by atoms with Crippen LogP contribution >= 0.6 is 11.6 Å². The molecule has 2 bridgehead atoms. The molecule has 1 heterocycles. The first-order valence-corrected chi connectivity index (χ1v) is 12.5. The van der Waals surface area contributed by atoms with Crippen LogP contribution in [0.1, 0.15) is 43.9 Å². The standard InChI is InChI=1S/C26H29ClFN3O5/c27-18-7-6-17(12-19(18)28)35-15-22(33)30-26-10-8-25(9-11-26,13-21(26)32)31-23(34)20-14-29-24(36-20)16-4-2-1-3-5-16/h1-7,12,20-21,24,29,32H,8-11,13-15H2,(H,30,33)(H,31,34)/t20?,21-,24?,25?,26?/m0/s1. The maximum absolute atomic E-state index is 13.6. The number of benzene rings is 2. The van der Waals surface area contributed by atoms with E-state index >= 15 is 0 Å². The highest BCUT2D eigenvalue weighted by Crippen LogP contribution is 2.47. The molecule has 2 amide bonds. The van der Waals surface area contributed by atoms with Crippen LogP contribution in [-0.4, -0.2) is 53.4 Å². The average Bonchev–Trinajstić information content (AvgIpc) is 3.37. The first kappa shape index (κ1) is 25.0. The molecular formula is C26H29ClFN3O5. The van der Waals surface area contributed by atoms with Gasteiger partial charge in [0.2, 0.25) is 0 Å². The molecule has 1 aliphatic heterocycles. The summed E-state index contributed by atoms with van der Waals surface area (Å²) in [4.78, 5) is 25.6. The molecule has 36 heavy (non-hydrogen) atoms. The maximum Gasteiger partial charge on any atom is 0.258 e. The quantitative estimate of drug-likeness (QED) is 0.449. The number of aliphatic hydroxyl groups excluding tert-OH is 1. The lowest BCUT2D eigenvalue weighted by Gasteiger charge is -2.56. The van der Waals surface area contributed by atoms with Crippen molar-refractivity contribution in [2.24, 2.45) is 0 Å². The number of amides is 2. The van der Waals surface area contributed by atoms with Crippen molar-refractivity contribution < 1.29 is 28.6 Å². The zero-order valence-electron chi connectivity index (χ0n) is 19.6. The van der Waals surface area contributed by atoms with Crippen LogP contribution in [0.5, 0.6) is 5.75 Å². The monoisotopic (exact) mass is 517 g/mol.